The molecule has 1 aliphatic rings. The predicted octanol–water partition coefficient (Wildman–Crippen LogP) is 5.30. The maximum absolute atomic E-state index is 13.1. The molecule has 0 saturated carbocycles. The molecule has 1 heterocycles. The Hall–Kier alpha value is -2.49. The first-order valence-electron chi connectivity index (χ1n) is 9.99. The molecule has 2 atom stereocenters. The third-order valence-corrected chi connectivity index (χ3v) is 5.51. The van der Waals surface area contributed by atoms with Gasteiger partial charge in [-0.2, -0.15) is 0 Å². The van der Waals surface area contributed by atoms with Gasteiger partial charge < -0.3 is 10.1 Å². The van der Waals surface area contributed by atoms with Crippen LogP contribution < -0.4 is 5.32 Å². The standard InChI is InChI=1S/C25H26FNO/c26-22-13-11-19(12-14-22)18-27-23-15-16-28-24(17-23)25(20-7-3-1-4-8-20)21-9-5-2-6-10-21/h1-14,23-25,27H,15-18H2/t23-,24-/m1/s1. The molecule has 1 saturated heterocycles. The minimum absolute atomic E-state index is 0.129. The van der Waals surface area contributed by atoms with Gasteiger partial charge in [0.15, 0.2) is 0 Å². The van der Waals surface area contributed by atoms with E-state index in [-0.39, 0.29) is 17.8 Å². The molecule has 0 radical (unpaired) electrons. The van der Waals surface area contributed by atoms with Crippen LogP contribution in [-0.4, -0.2) is 18.8 Å². The highest BCUT2D eigenvalue weighted by Gasteiger charge is 2.31. The largest absolute Gasteiger partial charge is 0.377 e. The average molecular weight is 375 g/mol. The number of benzene rings is 3. The van der Waals surface area contributed by atoms with E-state index < -0.39 is 0 Å². The summed E-state index contributed by atoms with van der Waals surface area (Å²) in [4.78, 5) is 0. The molecule has 1 aliphatic heterocycles. The van der Waals surface area contributed by atoms with Gasteiger partial charge in [0.2, 0.25) is 0 Å². The molecular formula is C25H26FNO. The van der Waals surface area contributed by atoms with Gasteiger partial charge in [0.1, 0.15) is 5.82 Å². The van der Waals surface area contributed by atoms with E-state index in [1.807, 2.05) is 12.1 Å². The van der Waals surface area contributed by atoms with E-state index in [0.29, 0.717) is 6.04 Å². The molecule has 0 spiro atoms. The second-order valence-corrected chi connectivity index (χ2v) is 7.44. The zero-order valence-corrected chi connectivity index (χ0v) is 15.9. The summed E-state index contributed by atoms with van der Waals surface area (Å²) < 4.78 is 19.4. The van der Waals surface area contributed by atoms with Crippen molar-refractivity contribution >= 4 is 0 Å². The lowest BCUT2D eigenvalue weighted by molar-refractivity contribution is -0.00769. The van der Waals surface area contributed by atoms with Crippen LogP contribution in [0.1, 0.15) is 35.4 Å². The number of halogens is 1. The van der Waals surface area contributed by atoms with Crippen molar-refractivity contribution < 1.29 is 9.13 Å². The first-order chi connectivity index (χ1) is 13.8. The molecule has 0 aliphatic carbocycles. The molecule has 0 bridgehead atoms. The van der Waals surface area contributed by atoms with Crippen molar-refractivity contribution in [3.63, 3.8) is 0 Å². The Kier molecular flexibility index (Phi) is 6.15. The predicted molar refractivity (Wildman–Crippen MR) is 111 cm³/mol. The normalized spacial score (nSPS) is 19.6. The highest BCUT2D eigenvalue weighted by atomic mass is 19.1. The molecule has 1 fully saturated rings. The molecule has 28 heavy (non-hydrogen) atoms. The van der Waals surface area contributed by atoms with Crippen LogP contribution in [0.4, 0.5) is 4.39 Å². The van der Waals surface area contributed by atoms with Crippen molar-refractivity contribution in [1.82, 2.24) is 5.32 Å². The van der Waals surface area contributed by atoms with Crippen LogP contribution in [0.25, 0.3) is 0 Å². The molecule has 1 N–H and O–H groups in total. The Morgan fingerprint density at radius 3 is 2.07 bits per heavy atom. The van der Waals surface area contributed by atoms with Crippen molar-refractivity contribution in [3.8, 4) is 0 Å². The SMILES string of the molecule is Fc1ccc(CN[C@@H]2CCO[C@@H](C(c3ccccc3)c3ccccc3)C2)cc1. The molecular weight excluding hydrogens is 349 g/mol. The van der Waals surface area contributed by atoms with Gasteiger partial charge in [-0.3, -0.25) is 0 Å². The molecule has 0 amide bonds. The topological polar surface area (TPSA) is 21.3 Å². The van der Waals surface area contributed by atoms with Crippen LogP contribution in [-0.2, 0) is 11.3 Å². The number of nitrogens with one attached hydrogen (secondary N) is 1. The van der Waals surface area contributed by atoms with Crippen molar-refractivity contribution in [2.45, 2.75) is 37.5 Å². The Labute approximate surface area is 166 Å². The quantitative estimate of drug-likeness (QED) is 0.632. The third kappa shape index (κ3) is 4.67. The van der Waals surface area contributed by atoms with Crippen LogP contribution in [0.2, 0.25) is 0 Å². The van der Waals surface area contributed by atoms with Gasteiger partial charge in [0.25, 0.3) is 0 Å². The summed E-state index contributed by atoms with van der Waals surface area (Å²) in [6.45, 7) is 1.50. The molecule has 3 heteroatoms. The smallest absolute Gasteiger partial charge is 0.123 e. The monoisotopic (exact) mass is 375 g/mol. The summed E-state index contributed by atoms with van der Waals surface area (Å²) >= 11 is 0. The van der Waals surface area contributed by atoms with Crippen LogP contribution in [0.5, 0.6) is 0 Å². The van der Waals surface area contributed by atoms with Gasteiger partial charge in [-0.15, -0.1) is 0 Å². The summed E-state index contributed by atoms with van der Waals surface area (Å²) in [5.74, 6) is 0.0289. The molecule has 0 aromatic heterocycles. The van der Waals surface area contributed by atoms with E-state index in [1.54, 1.807) is 0 Å². The van der Waals surface area contributed by atoms with E-state index in [2.05, 4.69) is 66.0 Å². The van der Waals surface area contributed by atoms with E-state index in [1.165, 1.54) is 23.3 Å². The van der Waals surface area contributed by atoms with E-state index in [4.69, 9.17) is 4.74 Å². The van der Waals surface area contributed by atoms with Gasteiger partial charge in [-0.1, -0.05) is 72.8 Å². The molecule has 2 nitrogen and oxygen atoms in total. The van der Waals surface area contributed by atoms with Crippen molar-refractivity contribution in [2.75, 3.05) is 6.61 Å². The van der Waals surface area contributed by atoms with Gasteiger partial charge in [0, 0.05) is 25.1 Å². The van der Waals surface area contributed by atoms with E-state index in [9.17, 15) is 4.39 Å². The second-order valence-electron chi connectivity index (χ2n) is 7.44. The van der Waals surface area contributed by atoms with Gasteiger partial charge in [-0.25, -0.2) is 4.39 Å². The van der Waals surface area contributed by atoms with E-state index >= 15 is 0 Å². The summed E-state index contributed by atoms with van der Waals surface area (Å²) in [7, 11) is 0. The van der Waals surface area contributed by atoms with Crippen LogP contribution in [0.3, 0.4) is 0 Å². The van der Waals surface area contributed by atoms with Crippen LogP contribution >= 0.6 is 0 Å². The number of hydrogen-bond donors (Lipinski definition) is 1. The number of rotatable bonds is 6. The fraction of sp³-hybridized carbons (Fsp3) is 0.280. The average Bonchev–Trinajstić information content (AvgIpc) is 2.75. The molecule has 144 valence electrons. The van der Waals surface area contributed by atoms with Crippen LogP contribution in [0.15, 0.2) is 84.9 Å². The van der Waals surface area contributed by atoms with Gasteiger partial charge in [0.05, 0.1) is 6.10 Å². The minimum atomic E-state index is -0.191. The fourth-order valence-electron chi connectivity index (χ4n) is 4.05. The lowest BCUT2D eigenvalue weighted by Gasteiger charge is -2.36. The molecule has 3 aromatic rings. The summed E-state index contributed by atoms with van der Waals surface area (Å²) in [6.07, 6.45) is 2.08. The zero-order valence-electron chi connectivity index (χ0n) is 15.9. The lowest BCUT2D eigenvalue weighted by atomic mass is 9.82. The van der Waals surface area contributed by atoms with Crippen molar-refractivity contribution in [3.05, 3.63) is 107 Å². The Morgan fingerprint density at radius 1 is 0.857 bits per heavy atom. The summed E-state index contributed by atoms with van der Waals surface area (Å²) in [5, 5.41) is 3.64. The second kappa shape index (κ2) is 9.13. The minimum Gasteiger partial charge on any atom is -0.377 e. The highest BCUT2D eigenvalue weighted by Crippen LogP contribution is 2.34. The Balaban J connectivity index is 1.48. The highest BCUT2D eigenvalue weighted by molar-refractivity contribution is 5.34. The first kappa shape index (κ1) is 18.9. The van der Waals surface area contributed by atoms with Gasteiger partial charge >= 0.3 is 0 Å². The maximum atomic E-state index is 13.1. The van der Waals surface area contributed by atoms with Crippen molar-refractivity contribution in [1.29, 1.82) is 0 Å². The third-order valence-electron chi connectivity index (χ3n) is 5.51. The molecule has 3 aromatic carbocycles. The Bertz CT molecular complexity index is 811. The number of hydrogen-bond acceptors (Lipinski definition) is 2. The summed E-state index contributed by atoms with van der Waals surface area (Å²) in [6, 6.07) is 28.4. The van der Waals surface area contributed by atoms with E-state index in [0.717, 1.165) is 31.6 Å². The van der Waals surface area contributed by atoms with Crippen LogP contribution in [0, 0.1) is 5.82 Å². The van der Waals surface area contributed by atoms with Gasteiger partial charge in [-0.05, 0) is 41.7 Å². The zero-order chi connectivity index (χ0) is 19.2. The fourth-order valence-corrected chi connectivity index (χ4v) is 4.05. The molecule has 4 rings (SSSR count). The maximum Gasteiger partial charge on any atom is 0.123 e. The molecule has 0 unspecified atom stereocenters. The summed E-state index contributed by atoms with van der Waals surface area (Å²) in [5.41, 5.74) is 3.68. The Morgan fingerprint density at radius 2 is 1.46 bits per heavy atom. The first-order valence-corrected chi connectivity index (χ1v) is 9.99. The lowest BCUT2D eigenvalue weighted by Crippen LogP contribution is -2.41. The number of ether oxygens (including phenoxy) is 1. The van der Waals surface area contributed by atoms with Crippen molar-refractivity contribution in [2.24, 2.45) is 0 Å².